The van der Waals surface area contributed by atoms with E-state index >= 15 is 0 Å². The molecule has 0 radical (unpaired) electrons. The molecule has 18 heavy (non-hydrogen) atoms. The van der Waals surface area contributed by atoms with Gasteiger partial charge in [0.05, 0.1) is 0 Å². The fourth-order valence-electron chi connectivity index (χ4n) is 2.94. The number of halogens is 1. The standard InChI is InChI=1S/C16H24FN/c1-3-13-4-10-16(11-5-13)18-12(2)14-6-8-15(17)9-7-14/h6-9,12-13,16,18H,3-5,10-11H2,1-2H3. The van der Waals surface area contributed by atoms with Crippen LogP contribution < -0.4 is 5.32 Å². The topological polar surface area (TPSA) is 12.0 Å². The van der Waals surface area contributed by atoms with Crippen LogP contribution in [-0.4, -0.2) is 6.04 Å². The number of benzene rings is 1. The van der Waals surface area contributed by atoms with E-state index in [9.17, 15) is 4.39 Å². The van der Waals surface area contributed by atoms with Crippen LogP contribution in [0.5, 0.6) is 0 Å². The largest absolute Gasteiger partial charge is 0.307 e. The van der Waals surface area contributed by atoms with Gasteiger partial charge in [-0.2, -0.15) is 0 Å². The zero-order valence-corrected chi connectivity index (χ0v) is 11.5. The van der Waals surface area contributed by atoms with Crippen molar-refractivity contribution in [2.24, 2.45) is 5.92 Å². The van der Waals surface area contributed by atoms with Crippen LogP contribution in [0.4, 0.5) is 4.39 Å². The van der Waals surface area contributed by atoms with Gasteiger partial charge >= 0.3 is 0 Å². The zero-order chi connectivity index (χ0) is 13.0. The van der Waals surface area contributed by atoms with Crippen molar-refractivity contribution in [2.45, 2.75) is 58.0 Å². The van der Waals surface area contributed by atoms with Crippen molar-refractivity contribution in [3.63, 3.8) is 0 Å². The highest BCUT2D eigenvalue weighted by atomic mass is 19.1. The zero-order valence-electron chi connectivity index (χ0n) is 11.5. The SMILES string of the molecule is CCC1CCC(NC(C)c2ccc(F)cc2)CC1. The molecule has 0 saturated heterocycles. The molecule has 1 fully saturated rings. The third-order valence-corrected chi connectivity index (χ3v) is 4.28. The Kier molecular flexibility index (Phi) is 4.76. The lowest BCUT2D eigenvalue weighted by molar-refractivity contribution is 0.273. The van der Waals surface area contributed by atoms with Gasteiger partial charge in [0.25, 0.3) is 0 Å². The van der Waals surface area contributed by atoms with Gasteiger partial charge in [0.15, 0.2) is 0 Å². The minimum atomic E-state index is -0.158. The molecule has 1 atom stereocenters. The summed E-state index contributed by atoms with van der Waals surface area (Å²) in [6, 6.07) is 7.79. The molecular formula is C16H24FN. The van der Waals surface area contributed by atoms with Gasteiger partial charge in [-0.1, -0.05) is 25.5 Å². The minimum absolute atomic E-state index is 0.158. The molecule has 0 spiro atoms. The van der Waals surface area contributed by atoms with Crippen molar-refractivity contribution in [1.29, 1.82) is 0 Å². The second kappa shape index (κ2) is 6.33. The molecule has 2 rings (SSSR count). The van der Waals surface area contributed by atoms with Gasteiger partial charge in [0, 0.05) is 12.1 Å². The molecule has 2 heteroatoms. The summed E-state index contributed by atoms with van der Waals surface area (Å²) in [4.78, 5) is 0. The predicted octanol–water partition coefficient (Wildman–Crippen LogP) is 4.45. The number of hydrogen-bond acceptors (Lipinski definition) is 1. The van der Waals surface area contributed by atoms with Gasteiger partial charge in [0.1, 0.15) is 5.82 Å². The van der Waals surface area contributed by atoms with Crippen LogP contribution in [0.25, 0.3) is 0 Å². The molecule has 1 aromatic rings. The van der Waals surface area contributed by atoms with Crippen molar-refractivity contribution in [2.75, 3.05) is 0 Å². The Morgan fingerprint density at radius 1 is 1.17 bits per heavy atom. The van der Waals surface area contributed by atoms with Crippen LogP contribution in [0.15, 0.2) is 24.3 Å². The van der Waals surface area contributed by atoms with E-state index in [2.05, 4.69) is 19.2 Å². The van der Waals surface area contributed by atoms with E-state index in [0.29, 0.717) is 12.1 Å². The maximum atomic E-state index is 12.9. The molecule has 1 unspecified atom stereocenters. The Balaban J connectivity index is 1.84. The van der Waals surface area contributed by atoms with E-state index in [1.54, 1.807) is 12.1 Å². The van der Waals surface area contributed by atoms with Crippen LogP contribution >= 0.6 is 0 Å². The summed E-state index contributed by atoms with van der Waals surface area (Å²) in [5, 5.41) is 3.68. The van der Waals surface area contributed by atoms with E-state index < -0.39 is 0 Å². The molecule has 0 aromatic heterocycles. The summed E-state index contributed by atoms with van der Waals surface area (Å²) >= 11 is 0. The van der Waals surface area contributed by atoms with Crippen LogP contribution in [0.3, 0.4) is 0 Å². The third-order valence-electron chi connectivity index (χ3n) is 4.28. The highest BCUT2D eigenvalue weighted by Crippen LogP contribution is 2.28. The number of rotatable bonds is 4. The van der Waals surface area contributed by atoms with Crippen molar-refractivity contribution in [3.05, 3.63) is 35.6 Å². The molecule has 0 bridgehead atoms. The average molecular weight is 249 g/mol. The van der Waals surface area contributed by atoms with E-state index in [1.165, 1.54) is 37.7 Å². The predicted molar refractivity (Wildman–Crippen MR) is 74.0 cm³/mol. The smallest absolute Gasteiger partial charge is 0.123 e. The summed E-state index contributed by atoms with van der Waals surface area (Å²) in [6.45, 7) is 4.46. The quantitative estimate of drug-likeness (QED) is 0.831. The third kappa shape index (κ3) is 3.55. The highest BCUT2D eigenvalue weighted by molar-refractivity contribution is 5.19. The molecule has 1 N–H and O–H groups in total. The molecular weight excluding hydrogens is 225 g/mol. The van der Waals surface area contributed by atoms with Gasteiger partial charge < -0.3 is 5.32 Å². The summed E-state index contributed by atoms with van der Waals surface area (Å²) in [6.07, 6.45) is 6.59. The summed E-state index contributed by atoms with van der Waals surface area (Å²) < 4.78 is 12.9. The van der Waals surface area contributed by atoms with Crippen molar-refractivity contribution >= 4 is 0 Å². The van der Waals surface area contributed by atoms with E-state index in [4.69, 9.17) is 0 Å². The molecule has 1 saturated carbocycles. The fourth-order valence-corrected chi connectivity index (χ4v) is 2.94. The van der Waals surface area contributed by atoms with Gasteiger partial charge in [0.2, 0.25) is 0 Å². The Morgan fingerprint density at radius 3 is 2.33 bits per heavy atom. The first kappa shape index (κ1) is 13.5. The van der Waals surface area contributed by atoms with E-state index in [-0.39, 0.29) is 5.82 Å². The molecule has 1 nitrogen and oxygen atoms in total. The molecule has 100 valence electrons. The molecule has 1 aromatic carbocycles. The summed E-state index contributed by atoms with van der Waals surface area (Å²) in [7, 11) is 0. The van der Waals surface area contributed by atoms with Crippen LogP contribution in [0.2, 0.25) is 0 Å². The van der Waals surface area contributed by atoms with Gasteiger partial charge in [-0.15, -0.1) is 0 Å². The van der Waals surface area contributed by atoms with Crippen LogP contribution in [-0.2, 0) is 0 Å². The second-order valence-corrected chi connectivity index (χ2v) is 5.57. The number of nitrogens with one attached hydrogen (secondary N) is 1. The van der Waals surface area contributed by atoms with Crippen molar-refractivity contribution in [1.82, 2.24) is 5.32 Å². The Morgan fingerprint density at radius 2 is 1.78 bits per heavy atom. The number of hydrogen-bond donors (Lipinski definition) is 1. The van der Waals surface area contributed by atoms with Gasteiger partial charge in [-0.3, -0.25) is 0 Å². The Hall–Kier alpha value is -0.890. The molecule has 0 amide bonds. The molecule has 1 aliphatic carbocycles. The first-order valence-electron chi connectivity index (χ1n) is 7.20. The molecule has 0 aliphatic heterocycles. The maximum Gasteiger partial charge on any atom is 0.123 e. The van der Waals surface area contributed by atoms with Gasteiger partial charge in [-0.05, 0) is 56.2 Å². The van der Waals surface area contributed by atoms with Crippen LogP contribution in [0.1, 0.15) is 57.6 Å². The van der Waals surface area contributed by atoms with Crippen molar-refractivity contribution in [3.8, 4) is 0 Å². The van der Waals surface area contributed by atoms with E-state index in [0.717, 1.165) is 5.92 Å². The fraction of sp³-hybridized carbons (Fsp3) is 0.625. The van der Waals surface area contributed by atoms with Gasteiger partial charge in [-0.25, -0.2) is 4.39 Å². The second-order valence-electron chi connectivity index (χ2n) is 5.57. The Labute approximate surface area is 110 Å². The van der Waals surface area contributed by atoms with E-state index in [1.807, 2.05) is 12.1 Å². The lowest BCUT2D eigenvalue weighted by Crippen LogP contribution is -2.34. The maximum absolute atomic E-state index is 12.9. The normalized spacial score (nSPS) is 25.9. The first-order valence-corrected chi connectivity index (χ1v) is 7.20. The summed E-state index contributed by atoms with van der Waals surface area (Å²) in [5.41, 5.74) is 1.18. The summed E-state index contributed by atoms with van der Waals surface area (Å²) in [5.74, 6) is 0.776. The van der Waals surface area contributed by atoms with Crippen LogP contribution in [0, 0.1) is 11.7 Å². The highest BCUT2D eigenvalue weighted by Gasteiger charge is 2.21. The first-order chi connectivity index (χ1) is 8.69. The molecule has 1 aliphatic rings. The molecule has 0 heterocycles. The Bertz CT molecular complexity index is 352. The lowest BCUT2D eigenvalue weighted by Gasteiger charge is -2.31. The average Bonchev–Trinajstić information content (AvgIpc) is 2.40. The minimum Gasteiger partial charge on any atom is -0.307 e. The lowest BCUT2D eigenvalue weighted by atomic mass is 9.84. The van der Waals surface area contributed by atoms with Crippen molar-refractivity contribution < 1.29 is 4.39 Å². The monoisotopic (exact) mass is 249 g/mol.